The SMILES string of the molecule is COC(CN)CC(=O)N(C)c1ccccc1.Cl. The molecule has 17 heavy (non-hydrogen) atoms. The normalized spacial score (nSPS) is 11.5. The van der Waals surface area contributed by atoms with E-state index in [1.165, 1.54) is 0 Å². The molecule has 1 amide bonds. The Morgan fingerprint density at radius 2 is 2.00 bits per heavy atom. The summed E-state index contributed by atoms with van der Waals surface area (Å²) >= 11 is 0. The number of benzene rings is 1. The lowest BCUT2D eigenvalue weighted by atomic mass is 10.2. The Balaban J connectivity index is 0.00000256. The highest BCUT2D eigenvalue weighted by atomic mass is 35.5. The lowest BCUT2D eigenvalue weighted by Crippen LogP contribution is -2.33. The summed E-state index contributed by atoms with van der Waals surface area (Å²) in [5, 5.41) is 0. The Bertz CT molecular complexity index is 329. The lowest BCUT2D eigenvalue weighted by Gasteiger charge is -2.20. The maximum atomic E-state index is 11.9. The van der Waals surface area contributed by atoms with E-state index in [1.807, 2.05) is 30.3 Å². The first-order valence-electron chi connectivity index (χ1n) is 5.23. The molecule has 1 aromatic carbocycles. The molecular weight excluding hydrogens is 240 g/mol. The van der Waals surface area contributed by atoms with Crippen molar-refractivity contribution >= 4 is 24.0 Å². The van der Waals surface area contributed by atoms with Gasteiger partial charge in [-0.25, -0.2) is 0 Å². The van der Waals surface area contributed by atoms with Crippen molar-refractivity contribution in [3.63, 3.8) is 0 Å². The van der Waals surface area contributed by atoms with Crippen molar-refractivity contribution in [3.05, 3.63) is 30.3 Å². The van der Waals surface area contributed by atoms with Gasteiger partial charge in [-0.3, -0.25) is 4.79 Å². The van der Waals surface area contributed by atoms with Gasteiger partial charge in [0.1, 0.15) is 0 Å². The Morgan fingerprint density at radius 3 is 2.47 bits per heavy atom. The second-order valence-electron chi connectivity index (χ2n) is 3.59. The molecule has 0 radical (unpaired) electrons. The van der Waals surface area contributed by atoms with Crippen LogP contribution in [0.4, 0.5) is 5.69 Å². The van der Waals surface area contributed by atoms with Gasteiger partial charge in [0.05, 0.1) is 12.5 Å². The summed E-state index contributed by atoms with van der Waals surface area (Å²) in [6, 6.07) is 9.50. The van der Waals surface area contributed by atoms with Crippen molar-refractivity contribution in [1.29, 1.82) is 0 Å². The van der Waals surface area contributed by atoms with Crippen molar-refractivity contribution in [2.75, 3.05) is 25.6 Å². The summed E-state index contributed by atoms with van der Waals surface area (Å²) in [5.41, 5.74) is 6.35. The molecule has 0 heterocycles. The molecule has 4 nitrogen and oxygen atoms in total. The monoisotopic (exact) mass is 258 g/mol. The molecule has 1 aromatic rings. The number of amides is 1. The fraction of sp³-hybridized carbons (Fsp3) is 0.417. The number of nitrogens with two attached hydrogens (primary N) is 1. The lowest BCUT2D eigenvalue weighted by molar-refractivity contribution is -0.120. The smallest absolute Gasteiger partial charge is 0.229 e. The Kier molecular flexibility index (Phi) is 7.54. The van der Waals surface area contributed by atoms with Gasteiger partial charge in [0, 0.05) is 26.4 Å². The van der Waals surface area contributed by atoms with E-state index in [1.54, 1.807) is 19.1 Å². The van der Waals surface area contributed by atoms with Crippen LogP contribution in [0, 0.1) is 0 Å². The highest BCUT2D eigenvalue weighted by Crippen LogP contribution is 2.13. The summed E-state index contributed by atoms with van der Waals surface area (Å²) in [6.07, 6.45) is 0.0944. The van der Waals surface area contributed by atoms with Crippen LogP contribution >= 0.6 is 12.4 Å². The number of hydrogen-bond acceptors (Lipinski definition) is 3. The standard InChI is InChI=1S/C12H18N2O2.ClH/c1-14(10-6-4-3-5-7-10)12(15)8-11(9-13)16-2;/h3-7,11H,8-9,13H2,1-2H3;1H. The number of methoxy groups -OCH3 is 1. The van der Waals surface area contributed by atoms with Crippen LogP contribution in [0.1, 0.15) is 6.42 Å². The molecule has 0 saturated carbocycles. The largest absolute Gasteiger partial charge is 0.380 e. The molecule has 0 bridgehead atoms. The van der Waals surface area contributed by atoms with Gasteiger partial charge in [0.15, 0.2) is 0 Å². The number of anilines is 1. The van der Waals surface area contributed by atoms with Crippen LogP contribution in [0.25, 0.3) is 0 Å². The van der Waals surface area contributed by atoms with Crippen molar-refractivity contribution < 1.29 is 9.53 Å². The van der Waals surface area contributed by atoms with E-state index in [0.29, 0.717) is 13.0 Å². The Labute approximate surface area is 108 Å². The summed E-state index contributed by atoms with van der Waals surface area (Å²) < 4.78 is 5.08. The first kappa shape index (κ1) is 15.9. The average Bonchev–Trinajstić information content (AvgIpc) is 2.35. The number of hydrogen-bond donors (Lipinski definition) is 1. The summed E-state index contributed by atoms with van der Waals surface area (Å²) in [5.74, 6) is 0.00324. The van der Waals surface area contributed by atoms with Crippen LogP contribution in [0.3, 0.4) is 0 Å². The highest BCUT2D eigenvalue weighted by molar-refractivity contribution is 5.93. The predicted octanol–water partition coefficient (Wildman–Crippen LogP) is 1.43. The quantitative estimate of drug-likeness (QED) is 0.869. The van der Waals surface area contributed by atoms with Gasteiger partial charge in [-0.1, -0.05) is 18.2 Å². The van der Waals surface area contributed by atoms with Crippen molar-refractivity contribution in [2.45, 2.75) is 12.5 Å². The maximum Gasteiger partial charge on any atom is 0.229 e. The number of halogens is 1. The van der Waals surface area contributed by atoms with Gasteiger partial charge in [-0.2, -0.15) is 0 Å². The number of para-hydroxylation sites is 1. The van der Waals surface area contributed by atoms with Gasteiger partial charge < -0.3 is 15.4 Å². The molecule has 1 unspecified atom stereocenters. The Hall–Kier alpha value is -1.10. The molecule has 0 aliphatic rings. The summed E-state index contributed by atoms with van der Waals surface area (Å²) in [4.78, 5) is 13.5. The third-order valence-electron chi connectivity index (χ3n) is 2.52. The minimum absolute atomic E-state index is 0. The fourth-order valence-electron chi connectivity index (χ4n) is 1.39. The second kappa shape index (κ2) is 8.06. The number of nitrogens with zero attached hydrogens (tertiary/aromatic N) is 1. The zero-order valence-corrected chi connectivity index (χ0v) is 10.9. The first-order valence-corrected chi connectivity index (χ1v) is 5.23. The van der Waals surface area contributed by atoms with Crippen LogP contribution in [-0.2, 0) is 9.53 Å². The summed E-state index contributed by atoms with van der Waals surface area (Å²) in [6.45, 7) is 0.352. The number of carbonyl (C=O) groups excluding carboxylic acids is 1. The molecule has 0 aromatic heterocycles. The zero-order valence-electron chi connectivity index (χ0n) is 10.1. The predicted molar refractivity (Wildman–Crippen MR) is 71.6 cm³/mol. The third-order valence-corrected chi connectivity index (χ3v) is 2.52. The van der Waals surface area contributed by atoms with E-state index in [4.69, 9.17) is 10.5 Å². The molecule has 0 aliphatic carbocycles. The van der Waals surface area contributed by atoms with Crippen LogP contribution in [0.15, 0.2) is 30.3 Å². The number of rotatable bonds is 5. The van der Waals surface area contributed by atoms with E-state index in [-0.39, 0.29) is 24.4 Å². The number of carbonyl (C=O) groups is 1. The van der Waals surface area contributed by atoms with Gasteiger partial charge in [0.2, 0.25) is 5.91 Å². The van der Waals surface area contributed by atoms with Crippen molar-refractivity contribution in [1.82, 2.24) is 0 Å². The van der Waals surface area contributed by atoms with Crippen LogP contribution in [0.2, 0.25) is 0 Å². The van der Waals surface area contributed by atoms with E-state index in [2.05, 4.69) is 0 Å². The summed E-state index contributed by atoms with van der Waals surface area (Å²) in [7, 11) is 3.31. The molecule has 0 fully saturated rings. The van der Waals surface area contributed by atoms with E-state index >= 15 is 0 Å². The Morgan fingerprint density at radius 1 is 1.41 bits per heavy atom. The molecule has 1 rings (SSSR count). The van der Waals surface area contributed by atoms with E-state index in [9.17, 15) is 4.79 Å². The van der Waals surface area contributed by atoms with Crippen LogP contribution in [-0.4, -0.2) is 32.7 Å². The van der Waals surface area contributed by atoms with Gasteiger partial charge in [-0.05, 0) is 12.1 Å². The van der Waals surface area contributed by atoms with Gasteiger partial charge >= 0.3 is 0 Å². The third kappa shape index (κ3) is 4.73. The maximum absolute atomic E-state index is 11.9. The molecule has 2 N–H and O–H groups in total. The molecule has 0 saturated heterocycles. The second-order valence-corrected chi connectivity index (χ2v) is 3.59. The first-order chi connectivity index (χ1) is 7.69. The molecule has 0 spiro atoms. The molecule has 1 atom stereocenters. The molecule has 96 valence electrons. The van der Waals surface area contributed by atoms with E-state index < -0.39 is 0 Å². The minimum atomic E-state index is -0.210. The van der Waals surface area contributed by atoms with Gasteiger partial charge in [0.25, 0.3) is 0 Å². The number of ether oxygens (including phenoxy) is 1. The van der Waals surface area contributed by atoms with E-state index in [0.717, 1.165) is 5.69 Å². The van der Waals surface area contributed by atoms with Crippen molar-refractivity contribution in [3.8, 4) is 0 Å². The fourth-order valence-corrected chi connectivity index (χ4v) is 1.39. The van der Waals surface area contributed by atoms with Gasteiger partial charge in [-0.15, -0.1) is 12.4 Å². The van der Waals surface area contributed by atoms with Crippen LogP contribution < -0.4 is 10.6 Å². The topological polar surface area (TPSA) is 55.6 Å². The van der Waals surface area contributed by atoms with Crippen molar-refractivity contribution in [2.24, 2.45) is 5.73 Å². The zero-order chi connectivity index (χ0) is 12.0. The minimum Gasteiger partial charge on any atom is -0.380 e. The molecule has 0 aliphatic heterocycles. The van der Waals surface area contributed by atoms with Crippen LogP contribution in [0.5, 0.6) is 0 Å². The molecular formula is C12H19ClN2O2. The molecule has 5 heteroatoms. The average molecular weight is 259 g/mol. The highest BCUT2D eigenvalue weighted by Gasteiger charge is 2.16.